The van der Waals surface area contributed by atoms with Crippen LogP contribution in [0.1, 0.15) is 52.7 Å². The molecule has 10 nitrogen and oxygen atoms in total. The molecule has 0 bridgehead atoms. The van der Waals surface area contributed by atoms with Crippen molar-refractivity contribution < 1.29 is 14.1 Å². The van der Waals surface area contributed by atoms with Gasteiger partial charge in [-0.15, -0.1) is 0 Å². The number of aromatic nitrogens is 4. The topological polar surface area (TPSA) is 119 Å². The molecule has 208 valence electrons. The van der Waals surface area contributed by atoms with Crippen LogP contribution in [0.4, 0.5) is 16.3 Å². The zero-order valence-electron chi connectivity index (χ0n) is 23.1. The molecule has 1 fully saturated rings. The number of anilines is 2. The number of imidazole rings is 1. The zero-order valence-corrected chi connectivity index (χ0v) is 23.9. The van der Waals surface area contributed by atoms with Gasteiger partial charge in [-0.25, -0.2) is 14.8 Å². The summed E-state index contributed by atoms with van der Waals surface area (Å²) in [5.41, 5.74) is 3.37. The summed E-state index contributed by atoms with van der Waals surface area (Å²) >= 11 is 1.54. The highest BCUT2D eigenvalue weighted by atomic mass is 32.1. The highest BCUT2D eigenvalue weighted by Gasteiger charge is 2.42. The maximum absolute atomic E-state index is 12.4. The molecule has 1 saturated carbocycles. The van der Waals surface area contributed by atoms with Crippen LogP contribution in [0.2, 0.25) is 0 Å². The van der Waals surface area contributed by atoms with Gasteiger partial charge in [0.25, 0.3) is 0 Å². The number of thiazole rings is 1. The van der Waals surface area contributed by atoms with E-state index in [1.807, 2.05) is 63.4 Å². The van der Waals surface area contributed by atoms with Gasteiger partial charge in [0.05, 0.1) is 16.7 Å². The van der Waals surface area contributed by atoms with Crippen LogP contribution < -0.4 is 20.7 Å². The molecule has 0 radical (unpaired) electrons. The Morgan fingerprint density at radius 1 is 1.12 bits per heavy atom. The standard InChI is InChI=1S/C29H33N7O3S/c1-5-14-30-29(12-13-29)17-38-24-11-10-21-25(34-24)40-27-32-20(16-36(21)27)18-6-8-19(9-7-18)31-26(37)33-23-15-22(39-35-23)28(2,3)4/h6-11,15-16,30H,5,12-14,17H2,1-4H3,(H2,31,33,35,37). The smallest absolute Gasteiger partial charge is 0.324 e. The van der Waals surface area contributed by atoms with Crippen molar-refractivity contribution in [3.05, 3.63) is 54.4 Å². The molecule has 0 spiro atoms. The number of benzene rings is 1. The van der Waals surface area contributed by atoms with Gasteiger partial charge >= 0.3 is 6.03 Å². The molecule has 0 saturated heterocycles. The lowest BCUT2D eigenvalue weighted by Gasteiger charge is -2.17. The van der Waals surface area contributed by atoms with Crippen LogP contribution in [0.25, 0.3) is 26.6 Å². The molecule has 1 aliphatic carbocycles. The Bertz CT molecular complexity index is 1660. The molecule has 5 aromatic rings. The van der Waals surface area contributed by atoms with Gasteiger partial charge in [-0.2, -0.15) is 0 Å². The van der Waals surface area contributed by atoms with E-state index in [1.54, 1.807) is 6.07 Å². The fourth-order valence-corrected chi connectivity index (χ4v) is 5.38. The quantitative estimate of drug-likeness (QED) is 0.190. The lowest BCUT2D eigenvalue weighted by atomic mass is 9.93. The lowest BCUT2D eigenvalue weighted by molar-refractivity contribution is 0.245. The van der Waals surface area contributed by atoms with Gasteiger partial charge in [-0.05, 0) is 44.0 Å². The largest absolute Gasteiger partial charge is 0.476 e. The summed E-state index contributed by atoms with van der Waals surface area (Å²) in [7, 11) is 0. The molecule has 0 aliphatic heterocycles. The molecule has 3 N–H and O–H groups in total. The molecular weight excluding hydrogens is 526 g/mol. The third kappa shape index (κ3) is 5.52. The first kappa shape index (κ1) is 26.3. The van der Waals surface area contributed by atoms with Gasteiger partial charge in [0, 0.05) is 35.0 Å². The summed E-state index contributed by atoms with van der Waals surface area (Å²) in [4.78, 5) is 23.7. The lowest BCUT2D eigenvalue weighted by Crippen LogP contribution is -2.37. The zero-order chi connectivity index (χ0) is 27.9. The van der Waals surface area contributed by atoms with Gasteiger partial charge in [0.1, 0.15) is 17.2 Å². The van der Waals surface area contributed by atoms with Crippen LogP contribution in [0.15, 0.2) is 53.2 Å². The molecule has 1 aromatic carbocycles. The SMILES string of the molecule is CCCNC1(COc2ccc3c(n2)sc2nc(-c4ccc(NC(=O)Nc5cc(C(C)(C)C)on5)cc4)cn23)CC1. The number of carbonyl (C=O) groups excluding carboxylic acids is 1. The van der Waals surface area contributed by atoms with Crippen molar-refractivity contribution in [2.75, 3.05) is 23.8 Å². The van der Waals surface area contributed by atoms with Crippen LogP contribution in [0, 0.1) is 0 Å². The molecule has 0 atom stereocenters. The Morgan fingerprint density at radius 3 is 2.62 bits per heavy atom. The number of nitrogens with zero attached hydrogens (tertiary/aromatic N) is 4. The average molecular weight is 560 g/mol. The predicted octanol–water partition coefficient (Wildman–Crippen LogP) is 6.45. The average Bonchev–Trinajstić information content (AvgIpc) is 3.21. The van der Waals surface area contributed by atoms with E-state index in [9.17, 15) is 4.79 Å². The minimum atomic E-state index is -0.393. The summed E-state index contributed by atoms with van der Waals surface area (Å²) in [6, 6.07) is 12.9. The van der Waals surface area contributed by atoms with E-state index in [2.05, 4.69) is 32.4 Å². The first-order valence-corrected chi connectivity index (χ1v) is 14.4. The van der Waals surface area contributed by atoms with Gasteiger partial charge < -0.3 is 19.9 Å². The molecule has 2 amide bonds. The number of carbonyl (C=O) groups is 1. The highest BCUT2D eigenvalue weighted by Crippen LogP contribution is 2.36. The van der Waals surface area contributed by atoms with Crippen LogP contribution in [-0.4, -0.2) is 44.2 Å². The Morgan fingerprint density at radius 2 is 1.93 bits per heavy atom. The molecule has 6 rings (SSSR count). The predicted molar refractivity (Wildman–Crippen MR) is 157 cm³/mol. The number of fused-ring (bicyclic) bond motifs is 3. The summed E-state index contributed by atoms with van der Waals surface area (Å²) < 4.78 is 13.4. The fraction of sp³-hybridized carbons (Fsp3) is 0.379. The number of pyridine rings is 1. The summed E-state index contributed by atoms with van der Waals surface area (Å²) in [6.07, 6.45) is 5.42. The normalized spacial score (nSPS) is 14.5. The molecule has 4 heterocycles. The van der Waals surface area contributed by atoms with Crippen LogP contribution in [0.5, 0.6) is 5.88 Å². The second-order valence-corrected chi connectivity index (χ2v) is 12.3. The van der Waals surface area contributed by atoms with Crippen LogP contribution in [0.3, 0.4) is 0 Å². The van der Waals surface area contributed by atoms with E-state index < -0.39 is 6.03 Å². The highest BCUT2D eigenvalue weighted by molar-refractivity contribution is 7.23. The Kier molecular flexibility index (Phi) is 6.71. The Balaban J connectivity index is 1.10. The first-order chi connectivity index (χ1) is 19.2. The van der Waals surface area contributed by atoms with Crippen molar-refractivity contribution in [1.82, 2.24) is 24.8 Å². The molecule has 4 aromatic heterocycles. The van der Waals surface area contributed by atoms with Crippen molar-refractivity contribution in [2.45, 2.75) is 57.9 Å². The second kappa shape index (κ2) is 10.2. The minimum absolute atomic E-state index is 0.119. The van der Waals surface area contributed by atoms with Crippen LogP contribution in [-0.2, 0) is 5.41 Å². The Labute approximate surface area is 236 Å². The number of urea groups is 1. The maximum Gasteiger partial charge on any atom is 0.324 e. The third-order valence-electron chi connectivity index (χ3n) is 6.97. The van der Waals surface area contributed by atoms with Gasteiger partial charge in [0.15, 0.2) is 10.8 Å². The molecule has 0 unspecified atom stereocenters. The van der Waals surface area contributed by atoms with Crippen molar-refractivity contribution in [3.63, 3.8) is 0 Å². The number of amides is 2. The monoisotopic (exact) mass is 559 g/mol. The molecular formula is C29H33N7O3S. The number of nitrogens with one attached hydrogen (secondary N) is 3. The minimum Gasteiger partial charge on any atom is -0.476 e. The number of ether oxygens (including phenoxy) is 1. The molecule has 11 heteroatoms. The maximum atomic E-state index is 12.4. The van der Waals surface area contributed by atoms with Gasteiger partial charge in [-0.3, -0.25) is 9.72 Å². The summed E-state index contributed by atoms with van der Waals surface area (Å²) in [5.74, 6) is 1.71. The van der Waals surface area contributed by atoms with Crippen LogP contribution >= 0.6 is 11.3 Å². The Hall–Kier alpha value is -3.96. The number of hydrogen-bond donors (Lipinski definition) is 3. The van der Waals surface area contributed by atoms with E-state index in [0.29, 0.717) is 29.8 Å². The van der Waals surface area contributed by atoms with Crippen molar-refractivity contribution in [3.8, 4) is 17.1 Å². The van der Waals surface area contributed by atoms with Crippen molar-refractivity contribution in [1.29, 1.82) is 0 Å². The van der Waals surface area contributed by atoms with E-state index in [4.69, 9.17) is 19.2 Å². The molecule has 40 heavy (non-hydrogen) atoms. The third-order valence-corrected chi connectivity index (χ3v) is 7.93. The number of hydrogen-bond acceptors (Lipinski definition) is 8. The van der Waals surface area contributed by atoms with E-state index in [1.165, 1.54) is 11.3 Å². The second-order valence-electron chi connectivity index (χ2n) is 11.3. The molecule has 1 aliphatic rings. The number of rotatable bonds is 9. The van der Waals surface area contributed by atoms with Gasteiger partial charge in [0.2, 0.25) is 5.88 Å². The summed E-state index contributed by atoms with van der Waals surface area (Å²) in [5, 5.41) is 13.0. The van der Waals surface area contributed by atoms with E-state index in [-0.39, 0.29) is 11.0 Å². The van der Waals surface area contributed by atoms with E-state index >= 15 is 0 Å². The summed E-state index contributed by atoms with van der Waals surface area (Å²) in [6.45, 7) is 9.88. The van der Waals surface area contributed by atoms with Gasteiger partial charge in [-0.1, -0.05) is 56.3 Å². The van der Waals surface area contributed by atoms with Crippen molar-refractivity contribution in [2.24, 2.45) is 0 Å². The van der Waals surface area contributed by atoms with E-state index in [0.717, 1.165) is 52.4 Å². The van der Waals surface area contributed by atoms with Crippen molar-refractivity contribution >= 4 is 44.2 Å². The fourth-order valence-electron chi connectivity index (χ4n) is 4.40. The first-order valence-electron chi connectivity index (χ1n) is 13.5.